The van der Waals surface area contributed by atoms with Crippen molar-refractivity contribution < 1.29 is 9.53 Å². The van der Waals surface area contributed by atoms with Gasteiger partial charge in [0.2, 0.25) is 5.91 Å². The van der Waals surface area contributed by atoms with Crippen LogP contribution in [0.5, 0.6) is 5.75 Å². The van der Waals surface area contributed by atoms with Gasteiger partial charge >= 0.3 is 0 Å². The van der Waals surface area contributed by atoms with E-state index in [0.29, 0.717) is 5.91 Å². The lowest BCUT2D eigenvalue weighted by molar-refractivity contribution is -0.132. The Morgan fingerprint density at radius 2 is 1.94 bits per heavy atom. The number of hydrogen-bond acceptors (Lipinski definition) is 6. The topological polar surface area (TPSA) is 87.2 Å². The lowest BCUT2D eigenvalue weighted by Gasteiger charge is -2.35. The summed E-state index contributed by atoms with van der Waals surface area (Å²) in [5.41, 5.74) is 2.51. The molecule has 8 nitrogen and oxygen atoms in total. The Labute approximate surface area is 180 Å². The molecule has 1 amide bonds. The Morgan fingerprint density at radius 3 is 2.68 bits per heavy atom. The third-order valence-corrected chi connectivity index (χ3v) is 6.59. The largest absolute Gasteiger partial charge is 0.488 e. The van der Waals surface area contributed by atoms with Crippen molar-refractivity contribution in [3.63, 3.8) is 0 Å². The highest BCUT2D eigenvalue weighted by molar-refractivity contribution is 5.93. The first kappa shape index (κ1) is 18.6. The van der Waals surface area contributed by atoms with E-state index in [2.05, 4.69) is 32.0 Å². The second kappa shape index (κ2) is 6.93. The molecule has 0 bridgehead atoms. The average Bonchev–Trinajstić information content (AvgIpc) is 3.72. The summed E-state index contributed by atoms with van der Waals surface area (Å²) in [5, 5.41) is 8.62. The van der Waals surface area contributed by atoms with E-state index in [0.717, 1.165) is 85.7 Å². The molecular weight excluding hydrogens is 392 g/mol. The van der Waals surface area contributed by atoms with Crippen LogP contribution >= 0.6 is 0 Å². The molecule has 0 radical (unpaired) electrons. The molecule has 0 unspecified atom stereocenters. The summed E-state index contributed by atoms with van der Waals surface area (Å²) in [5.74, 6) is 2.34. The van der Waals surface area contributed by atoms with Gasteiger partial charge in [-0.3, -0.25) is 9.89 Å². The maximum Gasteiger partial charge on any atom is 0.225 e. The van der Waals surface area contributed by atoms with Gasteiger partial charge in [0.15, 0.2) is 0 Å². The van der Waals surface area contributed by atoms with Crippen molar-refractivity contribution in [1.29, 1.82) is 0 Å². The van der Waals surface area contributed by atoms with Crippen LogP contribution in [0.15, 0.2) is 30.6 Å². The molecule has 2 aliphatic carbocycles. The summed E-state index contributed by atoms with van der Waals surface area (Å²) < 4.78 is 6.14. The molecule has 3 aliphatic rings. The maximum absolute atomic E-state index is 12.3. The van der Waals surface area contributed by atoms with Crippen molar-refractivity contribution in [2.75, 3.05) is 31.1 Å². The van der Waals surface area contributed by atoms with Gasteiger partial charge in [-0.25, -0.2) is 9.97 Å². The molecule has 2 saturated carbocycles. The van der Waals surface area contributed by atoms with E-state index < -0.39 is 0 Å². The second-order valence-corrected chi connectivity index (χ2v) is 9.18. The molecule has 1 N–H and O–H groups in total. The lowest BCUT2D eigenvalue weighted by Crippen LogP contribution is -2.49. The summed E-state index contributed by atoms with van der Waals surface area (Å²) >= 11 is 0. The van der Waals surface area contributed by atoms with E-state index in [4.69, 9.17) is 4.74 Å². The minimum atomic E-state index is -0.0251. The van der Waals surface area contributed by atoms with Gasteiger partial charge in [0, 0.05) is 43.5 Å². The van der Waals surface area contributed by atoms with E-state index in [1.807, 2.05) is 29.2 Å². The fourth-order valence-corrected chi connectivity index (χ4v) is 4.21. The first-order valence-electron chi connectivity index (χ1n) is 11.1. The summed E-state index contributed by atoms with van der Waals surface area (Å²) in [6.45, 7) is 5.21. The number of piperazine rings is 1. The molecule has 2 aromatic heterocycles. The van der Waals surface area contributed by atoms with Crippen LogP contribution in [0.25, 0.3) is 22.3 Å². The SMILES string of the molecule is CC1(Oc2ccc3[nH]nc(-c4cc(N5CCN(C(=O)C6CC6)CC5)ncn4)c3c2)CC1. The van der Waals surface area contributed by atoms with Crippen LogP contribution in [0.4, 0.5) is 5.82 Å². The number of amides is 1. The number of carbonyl (C=O) groups is 1. The summed E-state index contributed by atoms with van der Waals surface area (Å²) in [7, 11) is 0. The number of aromatic nitrogens is 4. The zero-order valence-electron chi connectivity index (χ0n) is 17.7. The molecule has 31 heavy (non-hydrogen) atoms. The van der Waals surface area contributed by atoms with Gasteiger partial charge in [-0.2, -0.15) is 5.10 Å². The van der Waals surface area contributed by atoms with Crippen LogP contribution in [-0.2, 0) is 4.79 Å². The number of benzene rings is 1. The van der Waals surface area contributed by atoms with Gasteiger partial charge in [0.25, 0.3) is 0 Å². The Hall–Kier alpha value is -3.16. The van der Waals surface area contributed by atoms with Crippen molar-refractivity contribution in [1.82, 2.24) is 25.1 Å². The highest BCUT2D eigenvalue weighted by atomic mass is 16.5. The Kier molecular flexibility index (Phi) is 4.16. The molecule has 3 aromatic rings. The standard InChI is InChI=1S/C23H26N6O2/c1-23(6-7-23)31-16-4-5-18-17(12-16)21(27-26-18)19-13-20(25-14-24-19)28-8-10-29(11-9-28)22(30)15-2-3-15/h4-5,12-15H,2-3,6-11H2,1H3,(H,26,27). The molecule has 6 rings (SSSR count). The number of nitrogens with zero attached hydrogens (tertiary/aromatic N) is 5. The van der Waals surface area contributed by atoms with Gasteiger partial charge < -0.3 is 14.5 Å². The minimum absolute atomic E-state index is 0.0251. The predicted molar refractivity (Wildman–Crippen MR) is 117 cm³/mol. The predicted octanol–water partition coefficient (Wildman–Crippen LogP) is 3.01. The summed E-state index contributed by atoms with van der Waals surface area (Å²) in [4.78, 5) is 25.5. The number of H-pyrrole nitrogens is 1. The van der Waals surface area contributed by atoms with Gasteiger partial charge in [-0.1, -0.05) is 0 Å². The first-order chi connectivity index (χ1) is 15.1. The monoisotopic (exact) mass is 418 g/mol. The number of aromatic amines is 1. The van der Waals surface area contributed by atoms with Crippen LogP contribution in [0.2, 0.25) is 0 Å². The third-order valence-electron chi connectivity index (χ3n) is 6.59. The Balaban J connectivity index is 1.23. The fourth-order valence-electron chi connectivity index (χ4n) is 4.21. The highest BCUT2D eigenvalue weighted by Crippen LogP contribution is 2.40. The lowest BCUT2D eigenvalue weighted by atomic mass is 10.1. The van der Waals surface area contributed by atoms with E-state index in [9.17, 15) is 4.79 Å². The summed E-state index contributed by atoms with van der Waals surface area (Å²) in [6.07, 6.45) is 5.89. The van der Waals surface area contributed by atoms with Crippen molar-refractivity contribution in [3.05, 3.63) is 30.6 Å². The van der Waals surface area contributed by atoms with Gasteiger partial charge in [-0.05, 0) is 50.8 Å². The number of fused-ring (bicyclic) bond motifs is 1. The molecule has 1 aromatic carbocycles. The number of carbonyl (C=O) groups excluding carboxylic acids is 1. The van der Waals surface area contributed by atoms with Crippen LogP contribution in [0.1, 0.15) is 32.6 Å². The summed E-state index contributed by atoms with van der Waals surface area (Å²) in [6, 6.07) is 8.03. The van der Waals surface area contributed by atoms with Crippen molar-refractivity contribution in [2.24, 2.45) is 5.92 Å². The Bertz CT molecular complexity index is 1140. The van der Waals surface area contributed by atoms with Crippen molar-refractivity contribution in [3.8, 4) is 17.1 Å². The third kappa shape index (κ3) is 3.60. The molecule has 0 spiro atoms. The minimum Gasteiger partial charge on any atom is -0.488 e. The van der Waals surface area contributed by atoms with Gasteiger partial charge in [0.05, 0.1) is 11.2 Å². The number of hydrogen-bond donors (Lipinski definition) is 1. The van der Waals surface area contributed by atoms with Crippen molar-refractivity contribution in [2.45, 2.75) is 38.2 Å². The van der Waals surface area contributed by atoms with Gasteiger partial charge in [-0.15, -0.1) is 0 Å². The van der Waals surface area contributed by atoms with E-state index >= 15 is 0 Å². The van der Waals surface area contributed by atoms with Crippen LogP contribution < -0.4 is 9.64 Å². The van der Waals surface area contributed by atoms with E-state index in [-0.39, 0.29) is 11.5 Å². The van der Waals surface area contributed by atoms with Crippen LogP contribution in [-0.4, -0.2) is 62.8 Å². The molecule has 3 heterocycles. The smallest absolute Gasteiger partial charge is 0.225 e. The quantitative estimate of drug-likeness (QED) is 0.685. The molecule has 1 aliphatic heterocycles. The number of anilines is 1. The zero-order valence-corrected chi connectivity index (χ0v) is 17.7. The highest BCUT2D eigenvalue weighted by Gasteiger charge is 2.40. The molecule has 160 valence electrons. The number of ether oxygens (including phenoxy) is 1. The Morgan fingerprint density at radius 1 is 1.13 bits per heavy atom. The normalized spacial score (nSPS) is 20.2. The van der Waals surface area contributed by atoms with Crippen molar-refractivity contribution >= 4 is 22.6 Å². The first-order valence-corrected chi connectivity index (χ1v) is 11.1. The van der Waals surface area contributed by atoms with E-state index in [1.54, 1.807) is 6.33 Å². The average molecular weight is 419 g/mol. The molecule has 3 fully saturated rings. The zero-order chi connectivity index (χ0) is 21.0. The maximum atomic E-state index is 12.3. The second-order valence-electron chi connectivity index (χ2n) is 9.18. The van der Waals surface area contributed by atoms with E-state index in [1.165, 1.54) is 0 Å². The van der Waals surface area contributed by atoms with Crippen LogP contribution in [0, 0.1) is 5.92 Å². The molecule has 1 saturated heterocycles. The van der Waals surface area contributed by atoms with Gasteiger partial charge in [0.1, 0.15) is 29.2 Å². The number of nitrogens with one attached hydrogen (secondary N) is 1. The fraction of sp³-hybridized carbons (Fsp3) is 0.478. The number of rotatable bonds is 5. The molecule has 8 heteroatoms. The van der Waals surface area contributed by atoms with Crippen LogP contribution in [0.3, 0.4) is 0 Å². The molecular formula is C23H26N6O2. The molecule has 0 atom stereocenters.